The van der Waals surface area contributed by atoms with E-state index in [4.69, 9.17) is 4.84 Å². The van der Waals surface area contributed by atoms with Gasteiger partial charge in [0.05, 0.1) is 19.2 Å². The van der Waals surface area contributed by atoms with Crippen molar-refractivity contribution in [2.45, 2.75) is 31.3 Å². The van der Waals surface area contributed by atoms with Gasteiger partial charge >= 0.3 is 0 Å². The second-order valence-corrected chi connectivity index (χ2v) is 8.17. The maximum absolute atomic E-state index is 13.0. The van der Waals surface area contributed by atoms with Gasteiger partial charge in [0.15, 0.2) is 0 Å². The number of hydrogen-bond acceptors (Lipinski definition) is 6. The van der Waals surface area contributed by atoms with Crippen LogP contribution in [-0.4, -0.2) is 91.1 Å². The first-order valence-corrected chi connectivity index (χ1v) is 10.0. The highest BCUT2D eigenvalue weighted by molar-refractivity contribution is 5.94. The van der Waals surface area contributed by atoms with Crippen molar-refractivity contribution in [2.75, 3.05) is 52.3 Å². The molecule has 0 N–H and O–H groups in total. The summed E-state index contributed by atoms with van der Waals surface area (Å²) in [5.41, 5.74) is 1.44. The van der Waals surface area contributed by atoms with Crippen molar-refractivity contribution in [1.29, 1.82) is 0 Å². The Hall–Kier alpha value is -2.19. The third-order valence-corrected chi connectivity index (χ3v) is 6.32. The monoisotopic (exact) mass is 387 g/mol. The van der Waals surface area contributed by atoms with E-state index < -0.39 is 0 Å². The first-order valence-electron chi connectivity index (χ1n) is 10.0. The number of hydrogen-bond donors (Lipinski definition) is 0. The van der Waals surface area contributed by atoms with Crippen molar-refractivity contribution in [3.8, 4) is 0 Å². The predicted octanol–water partition coefficient (Wildman–Crippen LogP) is 0.846. The molecular weight excluding hydrogens is 358 g/mol. The fraction of sp³-hybridized carbons (Fsp3) is 0.650. The third-order valence-electron chi connectivity index (χ3n) is 6.32. The lowest BCUT2D eigenvalue weighted by molar-refractivity contribution is -0.159. The van der Waals surface area contributed by atoms with Crippen molar-refractivity contribution in [2.24, 2.45) is 5.92 Å². The second kappa shape index (κ2) is 7.67. The summed E-state index contributed by atoms with van der Waals surface area (Å²) < 4.78 is 0. The Morgan fingerprint density at radius 1 is 1.14 bits per heavy atom. The lowest BCUT2D eigenvalue weighted by Crippen LogP contribution is -2.53. The van der Waals surface area contributed by atoms with Crippen molar-refractivity contribution in [1.82, 2.24) is 19.8 Å². The molecule has 2 bridgehead atoms. The van der Waals surface area contributed by atoms with Crippen molar-refractivity contribution >= 4 is 17.5 Å². The van der Waals surface area contributed by atoms with Crippen LogP contribution in [0.1, 0.15) is 29.8 Å². The van der Waals surface area contributed by atoms with Gasteiger partial charge in [0, 0.05) is 58.1 Å². The van der Waals surface area contributed by atoms with Gasteiger partial charge in [0.1, 0.15) is 5.69 Å². The third kappa shape index (κ3) is 3.46. The Bertz CT molecular complexity index is 747. The SMILES string of the molecule is CON1CCC(C(=O)N2C[C@@H]3C[C@H]2CN3C(=O)c2cc(N(C)C)ccn2)CC1. The zero-order chi connectivity index (χ0) is 19.8. The number of aromatic nitrogens is 1. The van der Waals surface area contributed by atoms with Crippen LogP contribution in [0.5, 0.6) is 0 Å². The molecule has 0 saturated carbocycles. The van der Waals surface area contributed by atoms with Gasteiger partial charge in [-0.05, 0) is 31.4 Å². The lowest BCUT2D eigenvalue weighted by Gasteiger charge is -2.37. The molecule has 0 unspecified atom stereocenters. The van der Waals surface area contributed by atoms with Gasteiger partial charge in [-0.15, -0.1) is 0 Å². The molecule has 28 heavy (non-hydrogen) atoms. The maximum Gasteiger partial charge on any atom is 0.272 e. The van der Waals surface area contributed by atoms with Crippen LogP contribution in [0.4, 0.5) is 5.69 Å². The van der Waals surface area contributed by atoms with E-state index in [0.717, 1.165) is 38.0 Å². The summed E-state index contributed by atoms with van der Waals surface area (Å²) in [5, 5.41) is 1.91. The molecule has 0 aliphatic carbocycles. The van der Waals surface area contributed by atoms with Crippen LogP contribution < -0.4 is 4.90 Å². The Labute approximate surface area is 166 Å². The minimum absolute atomic E-state index is 0.0308. The molecule has 3 aliphatic heterocycles. The summed E-state index contributed by atoms with van der Waals surface area (Å²) in [6.07, 6.45) is 4.23. The van der Waals surface area contributed by atoms with Crippen LogP contribution in [0.3, 0.4) is 0 Å². The summed E-state index contributed by atoms with van der Waals surface area (Å²) >= 11 is 0. The van der Waals surface area contributed by atoms with Gasteiger partial charge in [-0.25, -0.2) is 0 Å². The zero-order valence-corrected chi connectivity index (χ0v) is 16.9. The molecule has 3 aliphatic rings. The second-order valence-electron chi connectivity index (χ2n) is 8.17. The van der Waals surface area contributed by atoms with E-state index in [2.05, 4.69) is 4.98 Å². The largest absolute Gasteiger partial charge is 0.378 e. The summed E-state index contributed by atoms with van der Waals surface area (Å²) in [6.45, 7) is 2.85. The van der Waals surface area contributed by atoms with Gasteiger partial charge in [-0.3, -0.25) is 14.6 Å². The van der Waals surface area contributed by atoms with Gasteiger partial charge in [0.2, 0.25) is 5.91 Å². The molecule has 8 nitrogen and oxygen atoms in total. The molecule has 2 amide bonds. The van der Waals surface area contributed by atoms with Crippen LogP contribution in [0, 0.1) is 5.92 Å². The van der Waals surface area contributed by atoms with E-state index in [-0.39, 0.29) is 29.8 Å². The zero-order valence-electron chi connectivity index (χ0n) is 16.9. The number of rotatable bonds is 4. The molecule has 0 radical (unpaired) electrons. The number of hydroxylamine groups is 2. The highest BCUT2D eigenvalue weighted by atomic mass is 16.7. The van der Waals surface area contributed by atoms with E-state index in [0.29, 0.717) is 18.8 Å². The number of piperazine rings is 1. The van der Waals surface area contributed by atoms with Gasteiger partial charge in [0.25, 0.3) is 5.91 Å². The molecule has 3 saturated heterocycles. The number of pyridine rings is 1. The number of anilines is 1. The molecule has 1 aromatic rings. The molecule has 4 heterocycles. The predicted molar refractivity (Wildman–Crippen MR) is 105 cm³/mol. The number of amides is 2. The fourth-order valence-corrected chi connectivity index (χ4v) is 4.67. The fourth-order valence-electron chi connectivity index (χ4n) is 4.67. The summed E-state index contributed by atoms with van der Waals surface area (Å²) in [6, 6.07) is 3.97. The minimum atomic E-state index is -0.0308. The normalized spacial score (nSPS) is 25.4. The van der Waals surface area contributed by atoms with Gasteiger partial charge in [-0.1, -0.05) is 0 Å². The number of fused-ring (bicyclic) bond motifs is 2. The highest BCUT2D eigenvalue weighted by Crippen LogP contribution is 2.34. The van der Waals surface area contributed by atoms with Crippen LogP contribution in [-0.2, 0) is 9.63 Å². The molecule has 8 heteroatoms. The smallest absolute Gasteiger partial charge is 0.272 e. The summed E-state index contributed by atoms with van der Waals surface area (Å²) in [7, 11) is 5.57. The van der Waals surface area contributed by atoms with Crippen LogP contribution in [0.15, 0.2) is 18.3 Å². The molecule has 3 fully saturated rings. The molecule has 1 aromatic heterocycles. The topological polar surface area (TPSA) is 69.2 Å². The van der Waals surface area contributed by atoms with Crippen LogP contribution in [0.25, 0.3) is 0 Å². The van der Waals surface area contributed by atoms with Crippen molar-refractivity contribution in [3.05, 3.63) is 24.0 Å². The van der Waals surface area contributed by atoms with E-state index in [1.54, 1.807) is 13.3 Å². The Kier molecular flexibility index (Phi) is 5.25. The number of piperidine rings is 1. The minimum Gasteiger partial charge on any atom is -0.378 e. The molecule has 152 valence electrons. The molecule has 0 aromatic carbocycles. The van der Waals surface area contributed by atoms with E-state index >= 15 is 0 Å². The quantitative estimate of drug-likeness (QED) is 0.763. The van der Waals surface area contributed by atoms with E-state index in [1.165, 1.54) is 0 Å². The Morgan fingerprint density at radius 3 is 2.43 bits per heavy atom. The molecule has 2 atom stereocenters. The number of nitrogens with zero attached hydrogens (tertiary/aromatic N) is 5. The van der Waals surface area contributed by atoms with E-state index in [1.807, 2.05) is 46.0 Å². The van der Waals surface area contributed by atoms with Crippen molar-refractivity contribution < 1.29 is 14.4 Å². The van der Waals surface area contributed by atoms with Gasteiger partial charge < -0.3 is 19.5 Å². The highest BCUT2D eigenvalue weighted by Gasteiger charge is 2.48. The van der Waals surface area contributed by atoms with Crippen LogP contribution in [0.2, 0.25) is 0 Å². The average Bonchev–Trinajstić information content (AvgIpc) is 3.34. The average molecular weight is 387 g/mol. The number of likely N-dealkylation sites (tertiary alicyclic amines) is 2. The molecular formula is C20H29N5O3. The molecule has 4 rings (SSSR count). The van der Waals surface area contributed by atoms with Crippen LogP contribution >= 0.6 is 0 Å². The lowest BCUT2D eigenvalue weighted by atomic mass is 9.96. The Balaban J connectivity index is 1.38. The standard InChI is InChI=1S/C20H29N5O3/c1-22(2)15-4-7-21-18(11-15)20(27)25-13-16-10-17(25)12-24(16)19(26)14-5-8-23(28-3)9-6-14/h4,7,11,14,16-17H,5-6,8-10,12-13H2,1-3H3/t16-,17-/m0/s1. The van der Waals surface area contributed by atoms with Gasteiger partial charge in [-0.2, -0.15) is 5.06 Å². The summed E-state index contributed by atoms with van der Waals surface area (Å²) in [4.78, 5) is 41.4. The first kappa shape index (κ1) is 19.1. The number of carbonyl (C=O) groups excluding carboxylic acids is 2. The Morgan fingerprint density at radius 2 is 1.82 bits per heavy atom. The van der Waals surface area contributed by atoms with Crippen molar-refractivity contribution in [3.63, 3.8) is 0 Å². The first-order chi connectivity index (χ1) is 13.5. The number of carbonyl (C=O) groups is 2. The molecule has 0 spiro atoms. The summed E-state index contributed by atoms with van der Waals surface area (Å²) in [5.74, 6) is 0.299. The van der Waals surface area contributed by atoms with E-state index in [9.17, 15) is 9.59 Å². The maximum atomic E-state index is 13.0.